The second kappa shape index (κ2) is 5.55. The molecule has 18 heavy (non-hydrogen) atoms. The SMILES string of the molecule is Cc1ccc(N(C)CC2(C=O)CCCCC2)cc1. The lowest BCUT2D eigenvalue weighted by Crippen LogP contribution is -2.38. The summed E-state index contributed by atoms with van der Waals surface area (Å²) in [5, 5.41) is 0. The van der Waals surface area contributed by atoms with Crippen LogP contribution in [0.25, 0.3) is 0 Å². The number of rotatable bonds is 4. The Hall–Kier alpha value is -1.31. The summed E-state index contributed by atoms with van der Waals surface area (Å²) in [5.74, 6) is 0. The summed E-state index contributed by atoms with van der Waals surface area (Å²) in [6.07, 6.45) is 6.97. The molecular weight excluding hydrogens is 222 g/mol. The number of carbonyl (C=O) groups is 1. The quantitative estimate of drug-likeness (QED) is 0.756. The highest BCUT2D eigenvalue weighted by molar-refractivity contribution is 5.62. The largest absolute Gasteiger partial charge is 0.374 e. The molecule has 0 radical (unpaired) electrons. The zero-order valence-corrected chi connectivity index (χ0v) is 11.5. The van der Waals surface area contributed by atoms with Gasteiger partial charge in [-0.15, -0.1) is 0 Å². The third kappa shape index (κ3) is 2.92. The first-order chi connectivity index (χ1) is 8.65. The van der Waals surface area contributed by atoms with Gasteiger partial charge in [-0.1, -0.05) is 37.0 Å². The van der Waals surface area contributed by atoms with Gasteiger partial charge in [-0.3, -0.25) is 0 Å². The molecule has 1 aromatic rings. The molecule has 0 bridgehead atoms. The second-order valence-corrected chi connectivity index (χ2v) is 5.73. The Morgan fingerprint density at radius 2 is 1.78 bits per heavy atom. The van der Waals surface area contributed by atoms with E-state index in [2.05, 4.69) is 43.1 Å². The van der Waals surface area contributed by atoms with Crippen molar-refractivity contribution in [2.24, 2.45) is 5.41 Å². The molecule has 1 fully saturated rings. The van der Waals surface area contributed by atoms with Crippen LogP contribution in [0.1, 0.15) is 37.7 Å². The molecule has 98 valence electrons. The molecule has 0 saturated heterocycles. The van der Waals surface area contributed by atoms with Crippen LogP contribution in [0.5, 0.6) is 0 Å². The molecule has 0 atom stereocenters. The van der Waals surface area contributed by atoms with E-state index in [-0.39, 0.29) is 5.41 Å². The van der Waals surface area contributed by atoms with Gasteiger partial charge in [-0.25, -0.2) is 0 Å². The maximum absolute atomic E-state index is 11.5. The van der Waals surface area contributed by atoms with E-state index >= 15 is 0 Å². The van der Waals surface area contributed by atoms with Crippen LogP contribution in [0.3, 0.4) is 0 Å². The Kier molecular flexibility index (Phi) is 4.05. The van der Waals surface area contributed by atoms with Gasteiger partial charge in [0.25, 0.3) is 0 Å². The fraction of sp³-hybridized carbons (Fsp3) is 0.562. The zero-order valence-electron chi connectivity index (χ0n) is 11.5. The Morgan fingerprint density at radius 3 is 2.33 bits per heavy atom. The van der Waals surface area contributed by atoms with Gasteiger partial charge in [-0.05, 0) is 31.9 Å². The van der Waals surface area contributed by atoms with Crippen molar-refractivity contribution in [3.05, 3.63) is 29.8 Å². The van der Waals surface area contributed by atoms with Crippen LogP contribution in [-0.4, -0.2) is 19.9 Å². The fourth-order valence-corrected chi connectivity index (χ4v) is 2.93. The fourth-order valence-electron chi connectivity index (χ4n) is 2.93. The Balaban J connectivity index is 2.07. The minimum atomic E-state index is -0.113. The van der Waals surface area contributed by atoms with Gasteiger partial charge in [0.05, 0.1) is 0 Å². The summed E-state index contributed by atoms with van der Waals surface area (Å²) in [5.41, 5.74) is 2.36. The van der Waals surface area contributed by atoms with Gasteiger partial charge in [0.2, 0.25) is 0 Å². The van der Waals surface area contributed by atoms with Gasteiger partial charge in [0.15, 0.2) is 0 Å². The molecule has 1 saturated carbocycles. The van der Waals surface area contributed by atoms with Gasteiger partial charge in [0.1, 0.15) is 6.29 Å². The Labute approximate surface area is 110 Å². The average molecular weight is 245 g/mol. The first-order valence-electron chi connectivity index (χ1n) is 6.89. The number of hydrogen-bond acceptors (Lipinski definition) is 2. The van der Waals surface area contributed by atoms with Gasteiger partial charge < -0.3 is 9.69 Å². The van der Waals surface area contributed by atoms with E-state index in [1.54, 1.807) is 0 Å². The molecule has 0 heterocycles. The van der Waals surface area contributed by atoms with E-state index in [9.17, 15) is 4.79 Å². The topological polar surface area (TPSA) is 20.3 Å². The van der Waals surface area contributed by atoms with Crippen molar-refractivity contribution in [1.82, 2.24) is 0 Å². The van der Waals surface area contributed by atoms with E-state index in [0.29, 0.717) is 0 Å². The van der Waals surface area contributed by atoms with E-state index in [4.69, 9.17) is 0 Å². The maximum atomic E-state index is 11.5. The average Bonchev–Trinajstić information content (AvgIpc) is 2.40. The Bertz CT molecular complexity index is 390. The van der Waals surface area contributed by atoms with Crippen molar-refractivity contribution in [1.29, 1.82) is 0 Å². The minimum absolute atomic E-state index is 0.113. The summed E-state index contributed by atoms with van der Waals surface area (Å²) < 4.78 is 0. The van der Waals surface area contributed by atoms with Crippen LogP contribution in [0.4, 0.5) is 5.69 Å². The van der Waals surface area contributed by atoms with Crippen LogP contribution in [0, 0.1) is 12.3 Å². The highest BCUT2D eigenvalue weighted by Crippen LogP contribution is 2.35. The number of aldehydes is 1. The molecule has 0 amide bonds. The molecule has 0 aliphatic heterocycles. The molecular formula is C16H23NO. The van der Waals surface area contributed by atoms with Crippen LogP contribution < -0.4 is 4.90 Å². The lowest BCUT2D eigenvalue weighted by Gasteiger charge is -2.36. The smallest absolute Gasteiger partial charge is 0.127 e. The monoisotopic (exact) mass is 245 g/mol. The summed E-state index contributed by atoms with van der Waals surface area (Å²) in [4.78, 5) is 13.7. The van der Waals surface area contributed by atoms with Crippen LogP contribution in [0.15, 0.2) is 24.3 Å². The highest BCUT2D eigenvalue weighted by atomic mass is 16.1. The number of hydrogen-bond donors (Lipinski definition) is 0. The normalized spacial score (nSPS) is 18.3. The molecule has 1 aromatic carbocycles. The second-order valence-electron chi connectivity index (χ2n) is 5.73. The van der Waals surface area contributed by atoms with Crippen molar-refractivity contribution in [3.63, 3.8) is 0 Å². The van der Waals surface area contributed by atoms with E-state index in [1.807, 2.05) is 0 Å². The predicted octanol–water partition coefficient (Wildman–Crippen LogP) is 3.58. The van der Waals surface area contributed by atoms with E-state index < -0.39 is 0 Å². The lowest BCUT2D eigenvalue weighted by molar-refractivity contribution is -0.117. The van der Waals surface area contributed by atoms with Crippen LogP contribution in [0.2, 0.25) is 0 Å². The van der Waals surface area contributed by atoms with Crippen molar-refractivity contribution < 1.29 is 4.79 Å². The third-order valence-corrected chi connectivity index (χ3v) is 4.13. The first kappa shape index (κ1) is 13.1. The predicted molar refractivity (Wildman–Crippen MR) is 76.0 cm³/mol. The molecule has 0 N–H and O–H groups in total. The number of anilines is 1. The Morgan fingerprint density at radius 1 is 1.17 bits per heavy atom. The van der Waals surface area contributed by atoms with Crippen LogP contribution >= 0.6 is 0 Å². The highest BCUT2D eigenvalue weighted by Gasteiger charge is 2.32. The number of carbonyl (C=O) groups excluding carboxylic acids is 1. The standard InChI is InChI=1S/C16H23NO/c1-14-6-8-15(9-7-14)17(2)12-16(13-18)10-4-3-5-11-16/h6-9,13H,3-5,10-12H2,1-2H3. The van der Waals surface area contributed by atoms with Crippen LogP contribution in [-0.2, 0) is 4.79 Å². The molecule has 0 aromatic heterocycles. The van der Waals surface area contributed by atoms with Gasteiger partial charge >= 0.3 is 0 Å². The number of benzene rings is 1. The van der Waals surface area contributed by atoms with Crippen molar-refractivity contribution in [2.45, 2.75) is 39.0 Å². The van der Waals surface area contributed by atoms with Crippen molar-refractivity contribution >= 4 is 12.0 Å². The van der Waals surface area contributed by atoms with Gasteiger partial charge in [-0.2, -0.15) is 0 Å². The third-order valence-electron chi connectivity index (χ3n) is 4.13. The molecule has 1 aliphatic carbocycles. The maximum Gasteiger partial charge on any atom is 0.127 e. The lowest BCUT2D eigenvalue weighted by atomic mass is 9.75. The number of aryl methyl sites for hydroxylation is 1. The summed E-state index contributed by atoms with van der Waals surface area (Å²) in [7, 11) is 2.09. The van der Waals surface area contributed by atoms with Crippen molar-refractivity contribution in [3.8, 4) is 0 Å². The summed E-state index contributed by atoms with van der Waals surface area (Å²) in [6, 6.07) is 8.52. The molecule has 1 aliphatic rings. The molecule has 2 heteroatoms. The summed E-state index contributed by atoms with van der Waals surface area (Å²) in [6.45, 7) is 2.94. The molecule has 0 spiro atoms. The summed E-state index contributed by atoms with van der Waals surface area (Å²) >= 11 is 0. The number of nitrogens with zero attached hydrogens (tertiary/aromatic N) is 1. The minimum Gasteiger partial charge on any atom is -0.374 e. The zero-order chi connectivity index (χ0) is 13.0. The van der Waals surface area contributed by atoms with Crippen molar-refractivity contribution in [2.75, 3.05) is 18.5 Å². The molecule has 2 rings (SSSR count). The first-order valence-corrected chi connectivity index (χ1v) is 6.89. The molecule has 0 unspecified atom stereocenters. The molecule has 2 nitrogen and oxygen atoms in total. The van der Waals surface area contributed by atoms with E-state index in [1.165, 1.54) is 36.8 Å². The van der Waals surface area contributed by atoms with Gasteiger partial charge in [0, 0.05) is 24.7 Å². The van der Waals surface area contributed by atoms with E-state index in [0.717, 1.165) is 19.4 Å².